The summed E-state index contributed by atoms with van der Waals surface area (Å²) in [5.41, 5.74) is 0. The van der Waals surface area contributed by atoms with Crippen LogP contribution in [0, 0.1) is 0 Å². The monoisotopic (exact) mass is 299 g/mol. The normalized spacial score (nSPS) is 30.5. The van der Waals surface area contributed by atoms with Crippen molar-refractivity contribution in [3.63, 3.8) is 0 Å². The van der Waals surface area contributed by atoms with Crippen LogP contribution in [-0.2, 0) is 4.79 Å². The molecule has 1 saturated heterocycles. The Labute approximate surface area is 123 Å². The predicted molar refractivity (Wildman–Crippen MR) is 83.0 cm³/mol. The summed E-state index contributed by atoms with van der Waals surface area (Å²) in [6.45, 7) is 1.82. The Morgan fingerprint density at radius 3 is 2.95 bits per heavy atom. The number of hydrogen-bond acceptors (Lipinski definition) is 5. The number of amides is 1. The molecule has 0 aromatic rings. The van der Waals surface area contributed by atoms with Crippen LogP contribution in [0.2, 0.25) is 0 Å². The van der Waals surface area contributed by atoms with E-state index in [1.807, 2.05) is 16.7 Å². The summed E-state index contributed by atoms with van der Waals surface area (Å²) >= 11 is 3.53. The lowest BCUT2D eigenvalue weighted by atomic mass is 9.92. The second-order valence-corrected chi connectivity index (χ2v) is 7.51. The standard InChI is InChI=1S/C13H21N3OS2/c17-12(16-5-7-18-8-6-16)9-19-13-14-10-3-1-2-4-11(10)15-13/h10-11H,1-9H2,(H,14,15)/t10-,11+. The lowest BCUT2D eigenvalue weighted by Gasteiger charge is -2.26. The highest BCUT2D eigenvalue weighted by molar-refractivity contribution is 8.14. The number of fused-ring (bicyclic) bond motifs is 1. The molecule has 0 aromatic heterocycles. The van der Waals surface area contributed by atoms with Crippen molar-refractivity contribution in [3.8, 4) is 0 Å². The summed E-state index contributed by atoms with van der Waals surface area (Å²) in [6, 6.07) is 1.01. The number of hydrogen-bond donors (Lipinski definition) is 1. The van der Waals surface area contributed by atoms with Gasteiger partial charge < -0.3 is 10.2 Å². The molecule has 1 amide bonds. The first-order chi connectivity index (χ1) is 9.33. The number of aliphatic imine (C=N–C) groups is 1. The highest BCUT2D eigenvalue weighted by atomic mass is 32.2. The van der Waals surface area contributed by atoms with Gasteiger partial charge in [0.2, 0.25) is 5.91 Å². The third-order valence-electron chi connectivity index (χ3n) is 4.02. The number of amidine groups is 1. The number of carbonyl (C=O) groups is 1. The predicted octanol–water partition coefficient (Wildman–Crippen LogP) is 1.57. The third kappa shape index (κ3) is 3.40. The van der Waals surface area contributed by atoms with Crippen LogP contribution in [0.1, 0.15) is 25.7 Å². The molecule has 0 bridgehead atoms. The Balaban J connectivity index is 1.45. The minimum Gasteiger partial charge on any atom is -0.360 e. The third-order valence-corrected chi connectivity index (χ3v) is 5.85. The zero-order valence-corrected chi connectivity index (χ0v) is 12.8. The van der Waals surface area contributed by atoms with Crippen LogP contribution in [0.15, 0.2) is 4.99 Å². The van der Waals surface area contributed by atoms with Gasteiger partial charge in [0, 0.05) is 24.6 Å². The molecular formula is C13H21N3OS2. The number of rotatable bonds is 2. The van der Waals surface area contributed by atoms with Gasteiger partial charge in [-0.25, -0.2) is 0 Å². The average molecular weight is 299 g/mol. The van der Waals surface area contributed by atoms with Gasteiger partial charge in [0.25, 0.3) is 0 Å². The van der Waals surface area contributed by atoms with Gasteiger partial charge in [-0.1, -0.05) is 24.6 Å². The van der Waals surface area contributed by atoms with E-state index in [9.17, 15) is 4.79 Å². The van der Waals surface area contributed by atoms with Gasteiger partial charge in [0.1, 0.15) is 0 Å². The van der Waals surface area contributed by atoms with E-state index in [4.69, 9.17) is 4.99 Å². The second kappa shape index (κ2) is 6.39. The molecule has 19 heavy (non-hydrogen) atoms. The Bertz CT molecular complexity index is 369. The first-order valence-corrected chi connectivity index (χ1v) is 9.29. The molecule has 4 nitrogen and oxygen atoms in total. The first-order valence-electron chi connectivity index (χ1n) is 7.15. The average Bonchev–Trinajstić information content (AvgIpc) is 2.88. The highest BCUT2D eigenvalue weighted by Crippen LogP contribution is 2.27. The highest BCUT2D eigenvalue weighted by Gasteiger charge is 2.31. The van der Waals surface area contributed by atoms with Crippen LogP contribution in [-0.4, -0.2) is 58.4 Å². The van der Waals surface area contributed by atoms with Crippen molar-refractivity contribution in [1.29, 1.82) is 0 Å². The van der Waals surface area contributed by atoms with Crippen LogP contribution in [0.3, 0.4) is 0 Å². The van der Waals surface area contributed by atoms with Crippen molar-refractivity contribution >= 4 is 34.6 Å². The van der Waals surface area contributed by atoms with Crippen molar-refractivity contribution in [1.82, 2.24) is 10.2 Å². The molecule has 3 rings (SSSR count). The van der Waals surface area contributed by atoms with Gasteiger partial charge in [-0.15, -0.1) is 0 Å². The van der Waals surface area contributed by atoms with E-state index in [-0.39, 0.29) is 5.91 Å². The summed E-state index contributed by atoms with van der Waals surface area (Å²) < 4.78 is 0. The van der Waals surface area contributed by atoms with E-state index in [1.165, 1.54) is 25.7 Å². The van der Waals surface area contributed by atoms with E-state index < -0.39 is 0 Å². The summed E-state index contributed by atoms with van der Waals surface area (Å²) in [7, 11) is 0. The summed E-state index contributed by atoms with van der Waals surface area (Å²) in [5.74, 6) is 2.97. The van der Waals surface area contributed by atoms with Crippen molar-refractivity contribution in [2.45, 2.75) is 37.8 Å². The molecule has 2 heterocycles. The number of nitrogens with one attached hydrogen (secondary N) is 1. The molecule has 106 valence electrons. The number of nitrogens with zero attached hydrogens (tertiary/aromatic N) is 2. The van der Waals surface area contributed by atoms with Crippen molar-refractivity contribution < 1.29 is 4.79 Å². The Hall–Kier alpha value is -0.360. The van der Waals surface area contributed by atoms with Crippen LogP contribution >= 0.6 is 23.5 Å². The van der Waals surface area contributed by atoms with Gasteiger partial charge in [0.05, 0.1) is 17.8 Å². The molecule has 3 aliphatic rings. The number of carbonyl (C=O) groups excluding carboxylic acids is 1. The van der Waals surface area contributed by atoms with Crippen LogP contribution < -0.4 is 5.32 Å². The molecule has 0 unspecified atom stereocenters. The van der Waals surface area contributed by atoms with Crippen molar-refractivity contribution in [3.05, 3.63) is 0 Å². The molecule has 1 N–H and O–H groups in total. The van der Waals surface area contributed by atoms with Gasteiger partial charge in [0.15, 0.2) is 5.17 Å². The Kier molecular flexibility index (Phi) is 4.58. The zero-order chi connectivity index (χ0) is 13.1. The molecule has 2 atom stereocenters. The molecule has 0 aromatic carbocycles. The molecule has 1 aliphatic carbocycles. The van der Waals surface area contributed by atoms with Crippen molar-refractivity contribution in [2.75, 3.05) is 30.3 Å². The van der Waals surface area contributed by atoms with E-state index >= 15 is 0 Å². The SMILES string of the molecule is O=C(CSC1=N[C@H]2CCCC[C@H]2N1)N1CCSCC1. The Morgan fingerprint density at radius 1 is 1.37 bits per heavy atom. The molecule has 0 radical (unpaired) electrons. The molecule has 2 aliphatic heterocycles. The first kappa shape index (κ1) is 13.6. The summed E-state index contributed by atoms with van der Waals surface area (Å²) in [5, 5.41) is 4.49. The lowest BCUT2D eigenvalue weighted by Crippen LogP contribution is -2.40. The van der Waals surface area contributed by atoms with E-state index in [0.29, 0.717) is 17.8 Å². The number of thioether (sulfide) groups is 2. The molecule has 0 spiro atoms. The van der Waals surface area contributed by atoms with Gasteiger partial charge >= 0.3 is 0 Å². The second-order valence-electron chi connectivity index (χ2n) is 5.32. The fraction of sp³-hybridized carbons (Fsp3) is 0.846. The maximum absolute atomic E-state index is 12.1. The fourth-order valence-electron chi connectivity index (χ4n) is 2.89. The topological polar surface area (TPSA) is 44.7 Å². The van der Waals surface area contributed by atoms with Gasteiger partial charge in [-0.05, 0) is 12.8 Å². The summed E-state index contributed by atoms with van der Waals surface area (Å²) in [4.78, 5) is 18.8. The van der Waals surface area contributed by atoms with E-state index in [1.54, 1.807) is 11.8 Å². The molecular weight excluding hydrogens is 278 g/mol. The quantitative estimate of drug-likeness (QED) is 0.840. The van der Waals surface area contributed by atoms with Crippen LogP contribution in [0.25, 0.3) is 0 Å². The van der Waals surface area contributed by atoms with Gasteiger partial charge in [-0.3, -0.25) is 9.79 Å². The van der Waals surface area contributed by atoms with E-state index in [0.717, 1.165) is 29.8 Å². The maximum atomic E-state index is 12.1. The van der Waals surface area contributed by atoms with Crippen LogP contribution in [0.5, 0.6) is 0 Å². The smallest absolute Gasteiger partial charge is 0.233 e. The fourth-order valence-corrected chi connectivity index (χ4v) is 4.68. The maximum Gasteiger partial charge on any atom is 0.233 e. The van der Waals surface area contributed by atoms with Crippen molar-refractivity contribution in [2.24, 2.45) is 4.99 Å². The van der Waals surface area contributed by atoms with E-state index in [2.05, 4.69) is 5.32 Å². The largest absolute Gasteiger partial charge is 0.360 e. The zero-order valence-electron chi connectivity index (χ0n) is 11.1. The molecule has 2 fully saturated rings. The molecule has 6 heteroatoms. The minimum atomic E-state index is 0.268. The van der Waals surface area contributed by atoms with Gasteiger partial charge in [-0.2, -0.15) is 11.8 Å². The minimum absolute atomic E-state index is 0.268. The lowest BCUT2D eigenvalue weighted by molar-refractivity contribution is -0.127. The summed E-state index contributed by atoms with van der Waals surface area (Å²) in [6.07, 6.45) is 5.05. The molecule has 1 saturated carbocycles. The van der Waals surface area contributed by atoms with Crippen LogP contribution in [0.4, 0.5) is 0 Å². The Morgan fingerprint density at radius 2 is 2.16 bits per heavy atom.